The maximum atomic E-state index is 11.7. The molecule has 3 heteroatoms. The summed E-state index contributed by atoms with van der Waals surface area (Å²) in [5.41, 5.74) is 5.10. The van der Waals surface area contributed by atoms with Crippen LogP contribution >= 0.6 is 0 Å². The average Bonchev–Trinajstić information content (AvgIpc) is 2.96. The molecule has 1 fully saturated rings. The lowest BCUT2D eigenvalue weighted by atomic mass is 9.92. The Labute approximate surface area is 86.4 Å². The first-order valence-corrected chi connectivity index (χ1v) is 5.45. The van der Waals surface area contributed by atoms with Crippen LogP contribution in [0.5, 0.6) is 0 Å². The zero-order chi connectivity index (χ0) is 10.8. The molecule has 1 saturated carbocycles. The molecule has 14 heavy (non-hydrogen) atoms. The predicted molar refractivity (Wildman–Crippen MR) is 57.7 cm³/mol. The molecule has 0 spiro atoms. The molecule has 0 saturated heterocycles. The molecule has 1 unspecified atom stereocenters. The van der Waals surface area contributed by atoms with Crippen LogP contribution < -0.4 is 11.1 Å². The number of hydrogen-bond donors (Lipinski definition) is 2. The molecule has 0 bridgehead atoms. The van der Waals surface area contributed by atoms with Gasteiger partial charge in [-0.25, -0.2) is 0 Å². The summed E-state index contributed by atoms with van der Waals surface area (Å²) in [6.07, 6.45) is 2.66. The van der Waals surface area contributed by atoms with Crippen molar-refractivity contribution >= 4 is 5.91 Å². The van der Waals surface area contributed by atoms with E-state index in [1.54, 1.807) is 0 Å². The molecule has 0 aromatic heterocycles. The highest BCUT2D eigenvalue weighted by atomic mass is 16.2. The average molecular weight is 198 g/mol. The molecule has 1 atom stereocenters. The standard InChI is InChI=1S/C11H22N2O/c1-8(9-4-5-9)6-13-10(14)11(2,3)7-12/h8-9H,4-7,12H2,1-3H3,(H,13,14). The third-order valence-corrected chi connectivity index (χ3v) is 3.14. The summed E-state index contributed by atoms with van der Waals surface area (Å²) in [7, 11) is 0. The lowest BCUT2D eigenvalue weighted by molar-refractivity contribution is -0.129. The third-order valence-electron chi connectivity index (χ3n) is 3.14. The second-order valence-corrected chi connectivity index (χ2v) is 5.11. The molecule has 0 aliphatic heterocycles. The second-order valence-electron chi connectivity index (χ2n) is 5.11. The topological polar surface area (TPSA) is 55.1 Å². The van der Waals surface area contributed by atoms with E-state index in [4.69, 9.17) is 5.73 Å². The first kappa shape index (κ1) is 11.5. The number of carbonyl (C=O) groups excluding carboxylic acids is 1. The Morgan fingerprint density at radius 2 is 2.14 bits per heavy atom. The van der Waals surface area contributed by atoms with Crippen LogP contribution in [0.1, 0.15) is 33.6 Å². The van der Waals surface area contributed by atoms with Gasteiger partial charge >= 0.3 is 0 Å². The van der Waals surface area contributed by atoms with Crippen LogP contribution in [-0.2, 0) is 4.79 Å². The van der Waals surface area contributed by atoms with Crippen molar-refractivity contribution in [2.75, 3.05) is 13.1 Å². The molecule has 1 rings (SSSR count). The Hall–Kier alpha value is -0.570. The zero-order valence-corrected chi connectivity index (χ0v) is 9.47. The summed E-state index contributed by atoms with van der Waals surface area (Å²) in [6, 6.07) is 0. The number of amides is 1. The van der Waals surface area contributed by atoms with Gasteiger partial charge in [-0.15, -0.1) is 0 Å². The van der Waals surface area contributed by atoms with Crippen LogP contribution in [-0.4, -0.2) is 19.0 Å². The minimum absolute atomic E-state index is 0.0764. The van der Waals surface area contributed by atoms with Gasteiger partial charge in [0, 0.05) is 13.1 Å². The molecule has 0 radical (unpaired) electrons. The Kier molecular flexibility index (Phi) is 3.53. The second kappa shape index (κ2) is 4.30. The maximum Gasteiger partial charge on any atom is 0.226 e. The summed E-state index contributed by atoms with van der Waals surface area (Å²) in [6.45, 7) is 7.16. The van der Waals surface area contributed by atoms with Crippen molar-refractivity contribution in [2.45, 2.75) is 33.6 Å². The molecule has 0 aromatic carbocycles. The minimum Gasteiger partial charge on any atom is -0.355 e. The van der Waals surface area contributed by atoms with Crippen molar-refractivity contribution in [1.82, 2.24) is 5.32 Å². The van der Waals surface area contributed by atoms with Gasteiger partial charge in [0.05, 0.1) is 5.41 Å². The van der Waals surface area contributed by atoms with Gasteiger partial charge in [0.25, 0.3) is 0 Å². The fourth-order valence-corrected chi connectivity index (χ4v) is 1.42. The monoisotopic (exact) mass is 198 g/mol. The van der Waals surface area contributed by atoms with Crippen LogP contribution in [0.3, 0.4) is 0 Å². The summed E-state index contributed by atoms with van der Waals surface area (Å²) in [5.74, 6) is 1.54. The Morgan fingerprint density at radius 3 is 2.57 bits per heavy atom. The summed E-state index contributed by atoms with van der Waals surface area (Å²) >= 11 is 0. The molecule has 1 amide bonds. The van der Waals surface area contributed by atoms with E-state index in [1.807, 2.05) is 13.8 Å². The van der Waals surface area contributed by atoms with Gasteiger partial charge in [0.1, 0.15) is 0 Å². The lowest BCUT2D eigenvalue weighted by Crippen LogP contribution is -2.43. The Bertz CT molecular complexity index is 209. The predicted octanol–water partition coefficient (Wildman–Crippen LogP) is 1.13. The largest absolute Gasteiger partial charge is 0.355 e. The van der Waals surface area contributed by atoms with Crippen molar-refractivity contribution < 1.29 is 4.79 Å². The van der Waals surface area contributed by atoms with E-state index in [-0.39, 0.29) is 5.91 Å². The molecular weight excluding hydrogens is 176 g/mol. The summed E-state index contributed by atoms with van der Waals surface area (Å²) in [5, 5.41) is 2.98. The SMILES string of the molecule is CC(CNC(=O)C(C)(C)CN)C1CC1. The van der Waals surface area contributed by atoms with Crippen LogP contribution in [0, 0.1) is 17.3 Å². The highest BCUT2D eigenvalue weighted by molar-refractivity contribution is 5.82. The van der Waals surface area contributed by atoms with Crippen molar-refractivity contribution in [3.8, 4) is 0 Å². The van der Waals surface area contributed by atoms with Crippen LogP contribution in [0.15, 0.2) is 0 Å². The number of nitrogens with two attached hydrogens (primary N) is 1. The van der Waals surface area contributed by atoms with Crippen molar-refractivity contribution in [3.05, 3.63) is 0 Å². The molecule has 1 aliphatic rings. The molecule has 0 heterocycles. The van der Waals surface area contributed by atoms with Gasteiger partial charge in [0.2, 0.25) is 5.91 Å². The molecule has 3 nitrogen and oxygen atoms in total. The van der Waals surface area contributed by atoms with E-state index >= 15 is 0 Å². The van der Waals surface area contributed by atoms with Crippen molar-refractivity contribution in [3.63, 3.8) is 0 Å². The van der Waals surface area contributed by atoms with E-state index in [0.29, 0.717) is 12.5 Å². The fourth-order valence-electron chi connectivity index (χ4n) is 1.42. The van der Waals surface area contributed by atoms with E-state index in [9.17, 15) is 4.79 Å². The molecule has 3 N–H and O–H groups in total. The minimum atomic E-state index is -0.427. The number of hydrogen-bond acceptors (Lipinski definition) is 2. The fraction of sp³-hybridized carbons (Fsp3) is 0.909. The quantitative estimate of drug-likeness (QED) is 0.696. The van der Waals surface area contributed by atoms with Crippen LogP contribution in [0.25, 0.3) is 0 Å². The number of nitrogens with one attached hydrogen (secondary N) is 1. The lowest BCUT2D eigenvalue weighted by Gasteiger charge is -2.22. The van der Waals surface area contributed by atoms with Gasteiger partial charge in [-0.05, 0) is 38.5 Å². The Morgan fingerprint density at radius 1 is 1.57 bits per heavy atom. The van der Waals surface area contributed by atoms with Crippen LogP contribution in [0.4, 0.5) is 0 Å². The highest BCUT2D eigenvalue weighted by Crippen LogP contribution is 2.36. The first-order valence-electron chi connectivity index (χ1n) is 5.45. The molecular formula is C11H22N2O. The van der Waals surface area contributed by atoms with Gasteiger partial charge in [-0.1, -0.05) is 6.92 Å². The van der Waals surface area contributed by atoms with Gasteiger partial charge in [0.15, 0.2) is 0 Å². The third kappa shape index (κ3) is 2.98. The zero-order valence-electron chi connectivity index (χ0n) is 9.47. The molecule has 0 aromatic rings. The first-order chi connectivity index (χ1) is 6.47. The summed E-state index contributed by atoms with van der Waals surface area (Å²) in [4.78, 5) is 11.7. The van der Waals surface area contributed by atoms with E-state index in [0.717, 1.165) is 12.5 Å². The van der Waals surface area contributed by atoms with Gasteiger partial charge in [-0.2, -0.15) is 0 Å². The highest BCUT2D eigenvalue weighted by Gasteiger charge is 2.30. The van der Waals surface area contributed by atoms with Crippen LogP contribution in [0.2, 0.25) is 0 Å². The van der Waals surface area contributed by atoms with Crippen molar-refractivity contribution in [1.29, 1.82) is 0 Å². The summed E-state index contributed by atoms with van der Waals surface area (Å²) < 4.78 is 0. The normalized spacial score (nSPS) is 19.1. The van der Waals surface area contributed by atoms with E-state index in [1.165, 1.54) is 12.8 Å². The molecule has 1 aliphatic carbocycles. The number of rotatable bonds is 5. The smallest absolute Gasteiger partial charge is 0.226 e. The molecule has 82 valence electrons. The van der Waals surface area contributed by atoms with E-state index < -0.39 is 5.41 Å². The van der Waals surface area contributed by atoms with E-state index in [2.05, 4.69) is 12.2 Å². The Balaban J connectivity index is 2.26. The van der Waals surface area contributed by atoms with Gasteiger partial charge in [-0.3, -0.25) is 4.79 Å². The number of carbonyl (C=O) groups is 1. The van der Waals surface area contributed by atoms with Crippen molar-refractivity contribution in [2.24, 2.45) is 23.0 Å². The maximum absolute atomic E-state index is 11.7. The van der Waals surface area contributed by atoms with Gasteiger partial charge < -0.3 is 11.1 Å².